The number of para-hydroxylation sites is 2. The molecule has 6 heteroatoms. The van der Waals surface area contributed by atoms with Gasteiger partial charge in [-0.05, 0) is 84.6 Å². The van der Waals surface area contributed by atoms with E-state index in [4.69, 9.17) is 0 Å². The van der Waals surface area contributed by atoms with Crippen LogP contribution in [0.5, 0.6) is 0 Å². The topological polar surface area (TPSA) is 40.6 Å². The Balaban J connectivity index is 1.54. The molecule has 0 saturated heterocycles. The largest absolute Gasteiger partial charge is 0.269 e. The normalized spacial score (nSPS) is 10.5. The van der Waals surface area contributed by atoms with E-state index in [1.54, 1.807) is 32.9 Å². The molecule has 5 rings (SSSR count). The summed E-state index contributed by atoms with van der Waals surface area (Å²) in [7, 11) is 0. The number of anilines is 2. The minimum Gasteiger partial charge on any atom is -0.268 e. The van der Waals surface area contributed by atoms with E-state index in [9.17, 15) is 9.59 Å². The molecule has 0 radical (unpaired) electrons. The van der Waals surface area contributed by atoms with Gasteiger partial charge >= 0.3 is 0 Å². The van der Waals surface area contributed by atoms with E-state index < -0.39 is 0 Å². The van der Waals surface area contributed by atoms with Crippen LogP contribution in [-0.4, -0.2) is 11.8 Å². The second kappa shape index (κ2) is 12.3. The Bertz CT molecular complexity index is 1380. The Morgan fingerprint density at radius 2 is 0.684 bits per heavy atom. The highest BCUT2D eigenvalue weighted by atomic mass is 32.2. The molecule has 0 atom stereocenters. The molecule has 186 valence electrons. The van der Waals surface area contributed by atoms with Gasteiger partial charge in [0.15, 0.2) is 0 Å². The van der Waals surface area contributed by atoms with Crippen LogP contribution in [-0.2, 0) is 0 Å². The molecule has 0 saturated carbocycles. The van der Waals surface area contributed by atoms with Crippen LogP contribution in [0.2, 0.25) is 0 Å². The van der Waals surface area contributed by atoms with Crippen molar-refractivity contribution in [2.45, 2.75) is 9.79 Å². The van der Waals surface area contributed by atoms with Crippen molar-refractivity contribution in [3.8, 4) is 0 Å². The summed E-state index contributed by atoms with van der Waals surface area (Å²) in [5, 5.41) is 0. The third-order valence-corrected chi connectivity index (χ3v) is 7.70. The predicted molar refractivity (Wildman–Crippen MR) is 158 cm³/mol. The average molecular weight is 533 g/mol. The van der Waals surface area contributed by atoms with E-state index in [-0.39, 0.29) is 11.8 Å². The Hall–Kier alpha value is -4.26. The van der Waals surface area contributed by atoms with Crippen molar-refractivity contribution in [1.29, 1.82) is 0 Å². The van der Waals surface area contributed by atoms with Crippen LogP contribution < -0.4 is 8.61 Å². The lowest BCUT2D eigenvalue weighted by molar-refractivity contribution is 0.0975. The van der Waals surface area contributed by atoms with Gasteiger partial charge in [-0.15, -0.1) is 0 Å². The summed E-state index contributed by atoms with van der Waals surface area (Å²) < 4.78 is 3.28. The molecule has 0 unspecified atom stereocenters. The molecule has 0 bridgehead atoms. The highest BCUT2D eigenvalue weighted by molar-refractivity contribution is 8.01. The number of hydrogen-bond donors (Lipinski definition) is 0. The summed E-state index contributed by atoms with van der Waals surface area (Å²) in [6, 6.07) is 45.4. The van der Waals surface area contributed by atoms with Gasteiger partial charge in [-0.3, -0.25) is 9.59 Å². The molecule has 5 aromatic carbocycles. The van der Waals surface area contributed by atoms with Crippen molar-refractivity contribution in [3.05, 3.63) is 157 Å². The van der Waals surface area contributed by atoms with E-state index in [2.05, 4.69) is 0 Å². The maximum absolute atomic E-state index is 14.1. The SMILES string of the molecule is O=C(c1ccccc1C(=O)N(Sc1ccccc1)c1ccccc1)N(Sc1ccccc1)c1ccccc1. The van der Waals surface area contributed by atoms with Gasteiger partial charge < -0.3 is 0 Å². The monoisotopic (exact) mass is 532 g/mol. The van der Waals surface area contributed by atoms with Crippen molar-refractivity contribution in [1.82, 2.24) is 0 Å². The van der Waals surface area contributed by atoms with E-state index in [0.717, 1.165) is 21.2 Å². The number of nitrogens with zero attached hydrogens (tertiary/aromatic N) is 2. The van der Waals surface area contributed by atoms with Gasteiger partial charge in [0.05, 0.1) is 22.5 Å². The van der Waals surface area contributed by atoms with Gasteiger partial charge in [0.1, 0.15) is 0 Å². The minimum absolute atomic E-state index is 0.272. The molecule has 0 N–H and O–H groups in total. The Morgan fingerprint density at radius 1 is 0.395 bits per heavy atom. The predicted octanol–water partition coefficient (Wildman–Crippen LogP) is 8.39. The van der Waals surface area contributed by atoms with Crippen LogP contribution in [0, 0.1) is 0 Å². The molecule has 38 heavy (non-hydrogen) atoms. The molecule has 0 spiro atoms. The van der Waals surface area contributed by atoms with Crippen LogP contribution in [0.15, 0.2) is 155 Å². The van der Waals surface area contributed by atoms with Crippen molar-refractivity contribution in [2.75, 3.05) is 8.61 Å². The molecule has 4 nitrogen and oxygen atoms in total. The maximum atomic E-state index is 14.1. The van der Waals surface area contributed by atoms with Crippen LogP contribution in [0.3, 0.4) is 0 Å². The van der Waals surface area contributed by atoms with Gasteiger partial charge in [0, 0.05) is 9.79 Å². The lowest BCUT2D eigenvalue weighted by Gasteiger charge is -2.25. The second-order valence-corrected chi connectivity index (χ2v) is 10.3. The first kappa shape index (κ1) is 25.4. The summed E-state index contributed by atoms with van der Waals surface area (Å²) in [5.41, 5.74) is 2.12. The molecule has 0 aromatic heterocycles. The van der Waals surface area contributed by atoms with Crippen molar-refractivity contribution < 1.29 is 9.59 Å². The maximum Gasteiger partial charge on any atom is 0.269 e. The third kappa shape index (κ3) is 5.99. The van der Waals surface area contributed by atoms with E-state index >= 15 is 0 Å². The van der Waals surface area contributed by atoms with E-state index in [1.165, 1.54) is 23.9 Å². The highest BCUT2D eigenvalue weighted by Gasteiger charge is 2.28. The average Bonchev–Trinajstić information content (AvgIpc) is 3.00. The van der Waals surface area contributed by atoms with Gasteiger partial charge in [-0.25, -0.2) is 8.61 Å². The molecule has 0 aliphatic rings. The molecular weight excluding hydrogens is 508 g/mol. The zero-order chi connectivity index (χ0) is 26.2. The second-order valence-electron chi connectivity index (χ2n) is 8.22. The number of carbonyl (C=O) groups excluding carboxylic acids is 2. The first-order valence-electron chi connectivity index (χ1n) is 12.0. The zero-order valence-corrected chi connectivity index (χ0v) is 22.0. The fraction of sp³-hybridized carbons (Fsp3) is 0. The highest BCUT2D eigenvalue weighted by Crippen LogP contribution is 2.34. The minimum atomic E-state index is -0.272. The summed E-state index contributed by atoms with van der Waals surface area (Å²) >= 11 is 2.65. The van der Waals surface area contributed by atoms with Gasteiger partial charge in [0.2, 0.25) is 0 Å². The van der Waals surface area contributed by atoms with Crippen molar-refractivity contribution in [2.24, 2.45) is 0 Å². The molecular formula is C32H24N2O2S2. The van der Waals surface area contributed by atoms with Crippen molar-refractivity contribution in [3.63, 3.8) is 0 Å². The molecule has 5 aromatic rings. The number of rotatable bonds is 8. The number of benzene rings is 5. The first-order chi connectivity index (χ1) is 18.7. The van der Waals surface area contributed by atoms with Crippen LogP contribution in [0.4, 0.5) is 11.4 Å². The number of hydrogen-bond acceptors (Lipinski definition) is 4. The van der Waals surface area contributed by atoms with E-state index in [0.29, 0.717) is 11.1 Å². The smallest absolute Gasteiger partial charge is 0.268 e. The Labute approximate surface area is 231 Å². The van der Waals surface area contributed by atoms with E-state index in [1.807, 2.05) is 121 Å². The third-order valence-electron chi connectivity index (χ3n) is 5.62. The molecule has 0 heterocycles. The van der Waals surface area contributed by atoms with Gasteiger partial charge in [0.25, 0.3) is 11.8 Å². The standard InChI is InChI=1S/C32H24N2O2S2/c35-31(33(25-15-5-1-6-16-25)37-27-19-9-3-10-20-27)29-23-13-14-24-30(29)32(36)34(26-17-7-2-8-18-26)38-28-21-11-4-12-22-28/h1-24H. The Morgan fingerprint density at radius 3 is 1.03 bits per heavy atom. The summed E-state index contributed by atoms with van der Waals surface area (Å²) in [6.45, 7) is 0. The summed E-state index contributed by atoms with van der Waals surface area (Å²) in [6.07, 6.45) is 0. The molecule has 2 amide bonds. The lowest BCUT2D eigenvalue weighted by atomic mass is 10.1. The van der Waals surface area contributed by atoms with Crippen LogP contribution in [0.1, 0.15) is 20.7 Å². The number of carbonyl (C=O) groups is 2. The molecule has 0 fully saturated rings. The van der Waals surface area contributed by atoms with Gasteiger partial charge in [-0.1, -0.05) is 84.9 Å². The summed E-state index contributed by atoms with van der Waals surface area (Å²) in [4.78, 5) is 30.1. The fourth-order valence-corrected chi connectivity index (χ4v) is 5.59. The molecule has 0 aliphatic heterocycles. The number of amides is 2. The zero-order valence-electron chi connectivity index (χ0n) is 20.4. The lowest BCUT2D eigenvalue weighted by Crippen LogP contribution is -2.30. The van der Waals surface area contributed by atoms with Crippen LogP contribution in [0.25, 0.3) is 0 Å². The van der Waals surface area contributed by atoms with Crippen LogP contribution >= 0.6 is 23.9 Å². The van der Waals surface area contributed by atoms with Crippen molar-refractivity contribution >= 4 is 47.1 Å². The Kier molecular flexibility index (Phi) is 8.23. The quantitative estimate of drug-likeness (QED) is 0.188. The molecule has 0 aliphatic carbocycles. The van der Waals surface area contributed by atoms with Gasteiger partial charge in [-0.2, -0.15) is 0 Å². The fourth-order valence-electron chi connectivity index (χ4n) is 3.80. The summed E-state index contributed by atoms with van der Waals surface area (Å²) in [5.74, 6) is -0.543. The first-order valence-corrected chi connectivity index (χ1v) is 13.6.